The second kappa shape index (κ2) is 10.7. The van der Waals surface area contributed by atoms with E-state index in [9.17, 15) is 14.4 Å². The first-order valence-electron chi connectivity index (χ1n) is 9.95. The quantitative estimate of drug-likeness (QED) is 0.577. The lowest BCUT2D eigenvalue weighted by Crippen LogP contribution is -2.37. The van der Waals surface area contributed by atoms with Crippen LogP contribution in [0.15, 0.2) is 47.4 Å². The largest absolute Gasteiger partial charge is 0.497 e. The molecule has 168 valence electrons. The summed E-state index contributed by atoms with van der Waals surface area (Å²) in [5.74, 6) is 1.00. The van der Waals surface area contributed by atoms with E-state index in [0.717, 1.165) is 16.7 Å². The van der Waals surface area contributed by atoms with E-state index in [1.165, 1.54) is 14.2 Å². The zero-order valence-corrected chi connectivity index (χ0v) is 18.9. The fraction of sp³-hybridized carbons (Fsp3) is 0.261. The van der Waals surface area contributed by atoms with Crippen LogP contribution in [-0.2, 0) is 4.79 Å². The van der Waals surface area contributed by atoms with Crippen molar-refractivity contribution in [3.63, 3.8) is 0 Å². The summed E-state index contributed by atoms with van der Waals surface area (Å²) < 4.78 is 15.9. The smallest absolute Gasteiger partial charge is 0.293 e. The number of thioether (sulfide) groups is 1. The molecule has 0 aliphatic carbocycles. The third kappa shape index (κ3) is 5.42. The van der Waals surface area contributed by atoms with E-state index in [1.807, 2.05) is 6.92 Å². The Morgan fingerprint density at radius 2 is 1.91 bits per heavy atom. The van der Waals surface area contributed by atoms with Crippen LogP contribution in [0.5, 0.6) is 17.2 Å². The van der Waals surface area contributed by atoms with Gasteiger partial charge in [0.2, 0.25) is 0 Å². The van der Waals surface area contributed by atoms with Crippen molar-refractivity contribution in [3.05, 3.63) is 58.5 Å². The molecule has 0 bridgehead atoms. The van der Waals surface area contributed by atoms with E-state index < -0.39 is 5.91 Å². The molecule has 0 aromatic heterocycles. The Balaban J connectivity index is 1.62. The van der Waals surface area contributed by atoms with E-state index in [0.29, 0.717) is 39.9 Å². The number of methoxy groups -OCH3 is 2. The number of nitrogens with zero attached hydrogens (tertiary/aromatic N) is 1. The van der Waals surface area contributed by atoms with Gasteiger partial charge >= 0.3 is 0 Å². The van der Waals surface area contributed by atoms with Gasteiger partial charge in [-0.3, -0.25) is 19.3 Å². The highest BCUT2D eigenvalue weighted by Crippen LogP contribution is 2.34. The molecule has 1 N–H and O–H groups in total. The van der Waals surface area contributed by atoms with E-state index in [1.54, 1.807) is 48.5 Å². The third-order valence-electron chi connectivity index (χ3n) is 4.61. The molecule has 1 saturated heterocycles. The van der Waals surface area contributed by atoms with Gasteiger partial charge in [0, 0.05) is 18.7 Å². The number of carbonyl (C=O) groups excluding carboxylic acids is 3. The Kier molecular flexibility index (Phi) is 7.77. The van der Waals surface area contributed by atoms with Crippen molar-refractivity contribution in [2.75, 3.05) is 33.9 Å². The lowest BCUT2D eigenvalue weighted by atomic mass is 10.2. The molecule has 8 nitrogen and oxygen atoms in total. The monoisotopic (exact) mass is 456 g/mol. The molecule has 0 radical (unpaired) electrons. The third-order valence-corrected chi connectivity index (χ3v) is 5.52. The number of hydrogen-bond acceptors (Lipinski definition) is 7. The van der Waals surface area contributed by atoms with Gasteiger partial charge in [-0.2, -0.15) is 0 Å². The average molecular weight is 457 g/mol. The Morgan fingerprint density at radius 3 is 2.62 bits per heavy atom. The molecule has 2 aromatic rings. The zero-order chi connectivity index (χ0) is 23.1. The summed E-state index contributed by atoms with van der Waals surface area (Å²) in [6, 6.07) is 12.0. The highest BCUT2D eigenvalue weighted by Gasteiger charge is 2.34. The van der Waals surface area contributed by atoms with Crippen molar-refractivity contribution in [3.8, 4) is 17.2 Å². The number of nitrogens with one attached hydrogen (secondary N) is 1. The minimum atomic E-state index is -0.400. The van der Waals surface area contributed by atoms with Gasteiger partial charge in [0.1, 0.15) is 5.75 Å². The summed E-state index contributed by atoms with van der Waals surface area (Å²) in [5.41, 5.74) is 1.14. The second-order valence-corrected chi connectivity index (χ2v) is 7.66. The topological polar surface area (TPSA) is 94.2 Å². The molecular formula is C23H24N2O6S. The van der Waals surface area contributed by atoms with Gasteiger partial charge in [0.05, 0.1) is 25.7 Å². The lowest BCUT2D eigenvalue weighted by molar-refractivity contribution is -0.122. The van der Waals surface area contributed by atoms with Crippen LogP contribution in [0.25, 0.3) is 6.08 Å². The van der Waals surface area contributed by atoms with Crippen molar-refractivity contribution in [1.29, 1.82) is 0 Å². The predicted octanol–water partition coefficient (Wildman–Crippen LogP) is 3.57. The highest BCUT2D eigenvalue weighted by atomic mass is 32.2. The fourth-order valence-corrected chi connectivity index (χ4v) is 3.91. The van der Waals surface area contributed by atoms with Gasteiger partial charge in [-0.25, -0.2) is 0 Å². The predicted molar refractivity (Wildman–Crippen MR) is 122 cm³/mol. The summed E-state index contributed by atoms with van der Waals surface area (Å²) in [4.78, 5) is 38.8. The number of carbonyl (C=O) groups is 3. The first kappa shape index (κ1) is 23.2. The Bertz CT molecular complexity index is 1050. The van der Waals surface area contributed by atoms with Gasteiger partial charge < -0.3 is 19.5 Å². The van der Waals surface area contributed by atoms with E-state index in [4.69, 9.17) is 14.2 Å². The molecular weight excluding hydrogens is 432 g/mol. The van der Waals surface area contributed by atoms with Crippen molar-refractivity contribution >= 4 is 34.9 Å². The molecule has 32 heavy (non-hydrogen) atoms. The number of amides is 3. The minimum Gasteiger partial charge on any atom is -0.497 e. The molecule has 0 unspecified atom stereocenters. The molecule has 1 aliphatic rings. The molecule has 0 atom stereocenters. The number of benzene rings is 2. The maximum absolute atomic E-state index is 12.7. The Morgan fingerprint density at radius 1 is 1.09 bits per heavy atom. The molecule has 1 heterocycles. The summed E-state index contributed by atoms with van der Waals surface area (Å²) in [6.45, 7) is 2.59. The van der Waals surface area contributed by atoms with Crippen LogP contribution >= 0.6 is 11.8 Å². The number of ether oxygens (including phenoxy) is 3. The lowest BCUT2D eigenvalue weighted by Gasteiger charge is -2.13. The van der Waals surface area contributed by atoms with E-state index >= 15 is 0 Å². The van der Waals surface area contributed by atoms with Crippen LogP contribution in [0, 0.1) is 0 Å². The van der Waals surface area contributed by atoms with Gasteiger partial charge in [-0.1, -0.05) is 12.1 Å². The summed E-state index contributed by atoms with van der Waals surface area (Å²) in [6.07, 6.45) is 1.64. The zero-order valence-electron chi connectivity index (χ0n) is 18.0. The van der Waals surface area contributed by atoms with Gasteiger partial charge in [-0.15, -0.1) is 0 Å². The van der Waals surface area contributed by atoms with Crippen LogP contribution in [0.4, 0.5) is 4.79 Å². The number of rotatable bonds is 9. The maximum atomic E-state index is 12.7. The molecule has 0 spiro atoms. The first-order chi connectivity index (χ1) is 15.5. The average Bonchev–Trinajstić information content (AvgIpc) is 3.07. The summed E-state index contributed by atoms with van der Waals surface area (Å²) in [5, 5.41) is 2.34. The molecule has 3 amide bonds. The van der Waals surface area contributed by atoms with Crippen LogP contribution in [0.3, 0.4) is 0 Å². The minimum absolute atomic E-state index is 0.0737. The molecule has 0 saturated carbocycles. The van der Waals surface area contributed by atoms with Crippen molar-refractivity contribution < 1.29 is 28.6 Å². The SMILES string of the molecule is CCOc1ccc(/C=C2\SC(=O)N(CCNC(=O)c3cccc(OC)c3)C2=O)cc1OC. The van der Waals surface area contributed by atoms with Gasteiger partial charge in [0.15, 0.2) is 11.5 Å². The van der Waals surface area contributed by atoms with Crippen molar-refractivity contribution in [1.82, 2.24) is 10.2 Å². The molecule has 3 rings (SSSR count). The van der Waals surface area contributed by atoms with Crippen LogP contribution < -0.4 is 19.5 Å². The van der Waals surface area contributed by atoms with Crippen molar-refractivity contribution in [2.45, 2.75) is 6.92 Å². The van der Waals surface area contributed by atoms with Gasteiger partial charge in [0.25, 0.3) is 17.1 Å². The first-order valence-corrected chi connectivity index (χ1v) is 10.8. The fourth-order valence-electron chi connectivity index (χ4n) is 3.04. The summed E-state index contributed by atoms with van der Waals surface area (Å²) >= 11 is 0.862. The Hall–Kier alpha value is -3.46. The van der Waals surface area contributed by atoms with Gasteiger partial charge in [-0.05, 0) is 60.7 Å². The van der Waals surface area contributed by atoms with E-state index in [2.05, 4.69) is 5.32 Å². The standard InChI is InChI=1S/C23H24N2O6S/c1-4-31-18-9-8-15(12-19(18)30-3)13-20-22(27)25(23(28)32-20)11-10-24-21(26)16-6-5-7-17(14-16)29-2/h5-9,12-14H,4,10-11H2,1-3H3,(H,24,26)/b20-13-. The molecule has 1 aliphatic heterocycles. The second-order valence-electron chi connectivity index (χ2n) is 6.66. The van der Waals surface area contributed by atoms with Crippen LogP contribution in [0.2, 0.25) is 0 Å². The highest BCUT2D eigenvalue weighted by molar-refractivity contribution is 8.18. The maximum Gasteiger partial charge on any atom is 0.293 e. The normalized spacial score (nSPS) is 14.6. The molecule has 2 aromatic carbocycles. The van der Waals surface area contributed by atoms with Crippen LogP contribution in [0.1, 0.15) is 22.8 Å². The van der Waals surface area contributed by atoms with Crippen LogP contribution in [-0.4, -0.2) is 55.9 Å². The Labute approximate surface area is 190 Å². The van der Waals surface area contributed by atoms with E-state index in [-0.39, 0.29) is 24.2 Å². The number of hydrogen-bond donors (Lipinski definition) is 1. The molecule has 9 heteroatoms. The summed E-state index contributed by atoms with van der Waals surface area (Å²) in [7, 11) is 3.06. The molecule has 1 fully saturated rings. The van der Waals surface area contributed by atoms with Crippen molar-refractivity contribution in [2.24, 2.45) is 0 Å². The number of imide groups is 1.